The lowest BCUT2D eigenvalue weighted by molar-refractivity contribution is -0.140. The van der Waals surface area contributed by atoms with E-state index in [9.17, 15) is 9.59 Å². The Bertz CT molecular complexity index is 1140. The van der Waals surface area contributed by atoms with Crippen LogP contribution < -0.4 is 10.2 Å². The molecule has 3 heterocycles. The molecule has 1 aromatic heterocycles. The van der Waals surface area contributed by atoms with E-state index in [0.717, 1.165) is 29.9 Å². The molecule has 2 aliphatic rings. The molecule has 0 spiro atoms. The Labute approximate surface area is 166 Å². The van der Waals surface area contributed by atoms with Crippen LogP contribution in [0, 0.1) is 5.92 Å². The van der Waals surface area contributed by atoms with Crippen LogP contribution in [0.1, 0.15) is 24.0 Å². The molecule has 2 aromatic carbocycles. The maximum atomic E-state index is 13.4. The number of hydrogen-bond donors (Lipinski definition) is 0. The molecule has 0 unspecified atom stereocenters. The summed E-state index contributed by atoms with van der Waals surface area (Å²) in [5.74, 6) is -0.297. The Kier molecular flexibility index (Phi) is 3.78. The summed E-state index contributed by atoms with van der Waals surface area (Å²) in [4.78, 5) is 26.1. The number of carbonyl (C=O) groups excluding carboxylic acids is 1. The van der Waals surface area contributed by atoms with Crippen molar-refractivity contribution in [2.45, 2.75) is 22.3 Å². The van der Waals surface area contributed by atoms with Crippen LogP contribution in [0.4, 0.5) is 0 Å². The van der Waals surface area contributed by atoms with Gasteiger partial charge in [0.05, 0.1) is 10.1 Å². The highest BCUT2D eigenvalue weighted by Gasteiger charge is 2.47. The number of ether oxygens (including phenoxy) is 1. The molecule has 0 saturated carbocycles. The summed E-state index contributed by atoms with van der Waals surface area (Å²) in [6.07, 6.45) is 0. The van der Waals surface area contributed by atoms with Crippen LogP contribution in [-0.4, -0.2) is 11.2 Å². The fourth-order valence-corrected chi connectivity index (χ4v) is 7.23. The molecule has 2 aliphatic heterocycles. The molecule has 0 saturated heterocycles. The van der Waals surface area contributed by atoms with Gasteiger partial charge in [-0.1, -0.05) is 35.0 Å². The Hall–Kier alpha value is -1.63. The lowest BCUT2D eigenvalue weighted by Gasteiger charge is -2.39. The van der Waals surface area contributed by atoms with Crippen molar-refractivity contribution in [3.8, 4) is 5.75 Å². The molecule has 5 rings (SSSR count). The van der Waals surface area contributed by atoms with Gasteiger partial charge >= 0.3 is 5.97 Å². The zero-order valence-corrected chi connectivity index (χ0v) is 16.9. The van der Waals surface area contributed by atoms with Gasteiger partial charge in [-0.2, -0.15) is 0 Å². The highest BCUT2D eigenvalue weighted by molar-refractivity contribution is 9.10. The Morgan fingerprint density at radius 3 is 2.77 bits per heavy atom. The number of esters is 1. The van der Waals surface area contributed by atoms with Gasteiger partial charge in [-0.05, 0) is 30.3 Å². The van der Waals surface area contributed by atoms with Gasteiger partial charge < -0.3 is 4.74 Å². The number of hydrogen-bond acceptors (Lipinski definition) is 5. The van der Waals surface area contributed by atoms with Crippen LogP contribution in [0.3, 0.4) is 0 Å². The van der Waals surface area contributed by atoms with Gasteiger partial charge in [-0.25, -0.2) is 0 Å². The molecule has 3 aromatic rings. The lowest BCUT2D eigenvalue weighted by Crippen LogP contribution is -2.41. The smallest absolute Gasteiger partial charge is 0.316 e. The first-order valence-electron chi connectivity index (χ1n) is 8.28. The molecule has 6 heteroatoms. The van der Waals surface area contributed by atoms with E-state index < -0.39 is 0 Å². The third-order valence-corrected chi connectivity index (χ3v) is 8.17. The summed E-state index contributed by atoms with van der Waals surface area (Å²) >= 11 is 6.77. The predicted molar refractivity (Wildman–Crippen MR) is 109 cm³/mol. The second-order valence-electron chi connectivity index (χ2n) is 6.56. The monoisotopic (exact) mass is 444 g/mol. The normalized spacial score (nSPS) is 23.8. The SMILES string of the molecule is C[C@@H]1Sc2sc3ccccc3c(=O)c2[C@H]2c3cc(Br)ccc3OC(=O)[C@H]21. The maximum absolute atomic E-state index is 13.4. The highest BCUT2D eigenvalue weighted by atomic mass is 79.9. The number of rotatable bonds is 0. The van der Waals surface area contributed by atoms with Crippen molar-refractivity contribution in [2.75, 3.05) is 0 Å². The van der Waals surface area contributed by atoms with Crippen LogP contribution in [0.25, 0.3) is 10.1 Å². The summed E-state index contributed by atoms with van der Waals surface area (Å²) in [5, 5.41) is 0.768. The summed E-state index contributed by atoms with van der Waals surface area (Å²) < 4.78 is 8.52. The zero-order valence-electron chi connectivity index (χ0n) is 13.7. The standard InChI is InChI=1S/C20H13BrO3S2/c1-9-15-16(12-8-10(21)6-7-13(12)24-19(15)23)17-18(22)11-4-2-3-5-14(11)26-20(17)25-9/h2-9,15-16H,1H3/t9-,15-,16-/m0/s1. The number of fused-ring (bicyclic) bond motifs is 6. The van der Waals surface area contributed by atoms with Crippen molar-refractivity contribution in [1.82, 2.24) is 0 Å². The van der Waals surface area contributed by atoms with Crippen molar-refractivity contribution < 1.29 is 9.53 Å². The van der Waals surface area contributed by atoms with Crippen molar-refractivity contribution in [3.63, 3.8) is 0 Å². The third-order valence-electron chi connectivity index (χ3n) is 5.06. The van der Waals surface area contributed by atoms with Crippen LogP contribution in [0.15, 0.2) is 55.9 Å². The molecule has 3 atom stereocenters. The Morgan fingerprint density at radius 1 is 1.12 bits per heavy atom. The van der Waals surface area contributed by atoms with Crippen molar-refractivity contribution in [2.24, 2.45) is 5.92 Å². The summed E-state index contributed by atoms with van der Waals surface area (Å²) in [6.45, 7) is 2.04. The van der Waals surface area contributed by atoms with Crippen LogP contribution in [0.2, 0.25) is 0 Å². The second-order valence-corrected chi connectivity index (χ2v) is 10.2. The van der Waals surface area contributed by atoms with E-state index in [1.54, 1.807) is 29.2 Å². The van der Waals surface area contributed by atoms with E-state index in [-0.39, 0.29) is 28.5 Å². The molecule has 0 amide bonds. The lowest BCUT2D eigenvalue weighted by atomic mass is 9.77. The average molecular weight is 445 g/mol. The number of benzene rings is 2. The van der Waals surface area contributed by atoms with Crippen LogP contribution in [0.5, 0.6) is 5.75 Å². The molecule has 130 valence electrons. The molecule has 0 radical (unpaired) electrons. The van der Waals surface area contributed by atoms with Crippen molar-refractivity contribution in [1.29, 1.82) is 0 Å². The van der Waals surface area contributed by atoms with Crippen LogP contribution in [-0.2, 0) is 4.79 Å². The van der Waals surface area contributed by atoms with Gasteiger partial charge in [0.25, 0.3) is 0 Å². The van der Waals surface area contributed by atoms with E-state index in [1.807, 2.05) is 43.3 Å². The minimum absolute atomic E-state index is 0.0318. The number of thioether (sulfide) groups is 1. The van der Waals surface area contributed by atoms with Gasteiger partial charge in [0.1, 0.15) is 5.75 Å². The van der Waals surface area contributed by atoms with Crippen LogP contribution >= 0.6 is 39.0 Å². The molecule has 0 bridgehead atoms. The molecular weight excluding hydrogens is 432 g/mol. The topological polar surface area (TPSA) is 43.4 Å². The molecule has 3 nitrogen and oxygen atoms in total. The molecule has 0 fully saturated rings. The first-order valence-corrected chi connectivity index (χ1v) is 10.8. The fraction of sp³-hybridized carbons (Fsp3) is 0.200. The van der Waals surface area contributed by atoms with E-state index >= 15 is 0 Å². The zero-order chi connectivity index (χ0) is 18.0. The third kappa shape index (κ3) is 2.32. The first kappa shape index (κ1) is 16.5. The minimum atomic E-state index is -0.352. The predicted octanol–water partition coefficient (Wildman–Crippen LogP) is 5.19. The molecule has 0 aliphatic carbocycles. The fourth-order valence-electron chi connectivity index (χ4n) is 3.89. The summed E-state index contributed by atoms with van der Waals surface area (Å²) in [7, 11) is 0. The minimum Gasteiger partial charge on any atom is -0.426 e. The number of carbonyl (C=O) groups is 1. The molecule has 0 N–H and O–H groups in total. The van der Waals surface area contributed by atoms with Gasteiger partial charge in [0.15, 0.2) is 5.43 Å². The molecular formula is C20H13BrO3S2. The Balaban J connectivity index is 1.87. The van der Waals surface area contributed by atoms with E-state index in [4.69, 9.17) is 4.74 Å². The van der Waals surface area contributed by atoms with Gasteiger partial charge in [0.2, 0.25) is 0 Å². The summed E-state index contributed by atoms with van der Waals surface area (Å²) in [5.41, 5.74) is 1.69. The van der Waals surface area contributed by atoms with Gasteiger partial charge in [0, 0.05) is 36.9 Å². The first-order chi connectivity index (χ1) is 12.5. The van der Waals surface area contributed by atoms with Crippen molar-refractivity contribution >= 4 is 55.1 Å². The highest BCUT2D eigenvalue weighted by Crippen LogP contribution is 2.54. The van der Waals surface area contributed by atoms with E-state index in [2.05, 4.69) is 15.9 Å². The largest absolute Gasteiger partial charge is 0.426 e. The van der Waals surface area contributed by atoms with E-state index in [1.165, 1.54) is 0 Å². The molecule has 26 heavy (non-hydrogen) atoms. The second kappa shape index (κ2) is 5.94. The maximum Gasteiger partial charge on any atom is 0.316 e. The number of halogens is 1. The Morgan fingerprint density at radius 2 is 1.92 bits per heavy atom. The summed E-state index contributed by atoms with van der Waals surface area (Å²) in [6, 6.07) is 13.3. The van der Waals surface area contributed by atoms with Gasteiger partial charge in [-0.3, -0.25) is 9.59 Å². The van der Waals surface area contributed by atoms with Crippen molar-refractivity contribution in [3.05, 3.63) is 68.3 Å². The van der Waals surface area contributed by atoms with E-state index in [0.29, 0.717) is 5.75 Å². The van der Waals surface area contributed by atoms with Gasteiger partial charge in [-0.15, -0.1) is 23.1 Å². The average Bonchev–Trinajstić information content (AvgIpc) is 2.62. The quantitative estimate of drug-likeness (QED) is 0.353.